The van der Waals surface area contributed by atoms with Gasteiger partial charge in [-0.25, -0.2) is 4.39 Å². The monoisotopic (exact) mass is 393 g/mol. The van der Waals surface area contributed by atoms with E-state index in [1.807, 2.05) is 0 Å². The molecule has 0 aliphatic carbocycles. The van der Waals surface area contributed by atoms with Crippen molar-refractivity contribution in [3.63, 3.8) is 0 Å². The van der Waals surface area contributed by atoms with Crippen LogP contribution < -0.4 is 4.74 Å². The minimum Gasteiger partial charge on any atom is -0.497 e. The van der Waals surface area contributed by atoms with Gasteiger partial charge in [-0.3, -0.25) is 14.5 Å². The Morgan fingerprint density at radius 1 is 1.11 bits per heavy atom. The molecule has 140 valence electrons. The van der Waals surface area contributed by atoms with Crippen molar-refractivity contribution in [3.8, 4) is 5.75 Å². The first-order valence-corrected chi connectivity index (χ1v) is 8.67. The van der Waals surface area contributed by atoms with Crippen molar-refractivity contribution in [3.05, 3.63) is 71.6 Å². The number of imide groups is 1. The van der Waals surface area contributed by atoms with Crippen LogP contribution in [0.4, 0.5) is 13.2 Å². The Bertz CT molecular complexity index is 895. The molecule has 0 saturated heterocycles. The molecule has 0 radical (unpaired) electrons. The molecule has 1 heterocycles. The second-order valence-electron chi connectivity index (χ2n) is 5.62. The summed E-state index contributed by atoms with van der Waals surface area (Å²) in [5.41, 5.74) is 0.350. The molecule has 1 aliphatic rings. The Morgan fingerprint density at radius 2 is 1.74 bits per heavy atom. The molecule has 2 aromatic carbocycles. The van der Waals surface area contributed by atoms with E-state index in [4.69, 9.17) is 4.74 Å². The maximum absolute atomic E-state index is 14.2. The molecule has 1 aliphatic heterocycles. The van der Waals surface area contributed by atoms with E-state index in [1.54, 1.807) is 18.2 Å². The number of methoxy groups -OCH3 is 1. The number of carbonyl (C=O) groups is 2. The highest BCUT2D eigenvalue weighted by molar-refractivity contribution is 8.00. The third-order valence-electron chi connectivity index (χ3n) is 3.90. The first-order valence-electron chi connectivity index (χ1n) is 7.85. The van der Waals surface area contributed by atoms with Gasteiger partial charge < -0.3 is 4.74 Å². The lowest BCUT2D eigenvalue weighted by Crippen LogP contribution is -2.30. The summed E-state index contributed by atoms with van der Waals surface area (Å²) in [6.45, 7) is -0.577. The highest BCUT2D eigenvalue weighted by Crippen LogP contribution is 2.42. The van der Waals surface area contributed by atoms with E-state index in [-0.39, 0.29) is 27.8 Å². The number of hydrogen-bond acceptors (Lipinski definition) is 4. The van der Waals surface area contributed by atoms with E-state index in [1.165, 1.54) is 37.4 Å². The molecule has 0 unspecified atom stereocenters. The topological polar surface area (TPSA) is 46.6 Å². The van der Waals surface area contributed by atoms with Gasteiger partial charge in [0.15, 0.2) is 5.83 Å². The Balaban J connectivity index is 1.73. The normalized spacial score (nSPS) is 14.5. The lowest BCUT2D eigenvalue weighted by atomic mass is 10.1. The summed E-state index contributed by atoms with van der Waals surface area (Å²) in [5, 5.41) is -3.86. The average Bonchev–Trinajstić information content (AvgIpc) is 2.90. The summed E-state index contributed by atoms with van der Waals surface area (Å²) < 4.78 is 47.4. The molecule has 0 N–H and O–H groups in total. The largest absolute Gasteiger partial charge is 0.497 e. The zero-order chi connectivity index (χ0) is 19.6. The molecule has 0 fully saturated rings. The molecule has 4 nitrogen and oxygen atoms in total. The van der Waals surface area contributed by atoms with Crippen molar-refractivity contribution < 1.29 is 27.5 Å². The Hall–Kier alpha value is -2.74. The van der Waals surface area contributed by atoms with Gasteiger partial charge in [0, 0.05) is 4.90 Å². The van der Waals surface area contributed by atoms with E-state index < -0.39 is 29.4 Å². The van der Waals surface area contributed by atoms with Crippen molar-refractivity contribution in [2.75, 3.05) is 13.7 Å². The third kappa shape index (κ3) is 3.85. The van der Waals surface area contributed by atoms with Crippen LogP contribution >= 0.6 is 11.8 Å². The SMILES string of the molecule is COc1cccc(SC(F)(F)C(F)=CCN2C(=O)c3ccccc3C2=O)c1. The van der Waals surface area contributed by atoms with Crippen molar-refractivity contribution in [2.45, 2.75) is 10.2 Å². The van der Waals surface area contributed by atoms with Gasteiger partial charge in [-0.05, 0) is 48.2 Å². The molecular formula is C19H14F3NO3S. The van der Waals surface area contributed by atoms with Crippen LogP contribution in [0.1, 0.15) is 20.7 Å². The van der Waals surface area contributed by atoms with Crippen molar-refractivity contribution >= 4 is 23.6 Å². The van der Waals surface area contributed by atoms with Crippen LogP contribution in [0.2, 0.25) is 0 Å². The summed E-state index contributed by atoms with van der Waals surface area (Å²) in [7, 11) is 1.39. The molecule has 2 amide bonds. The second-order valence-corrected chi connectivity index (χ2v) is 6.80. The lowest BCUT2D eigenvalue weighted by Gasteiger charge is -2.16. The predicted octanol–water partition coefficient (Wildman–Crippen LogP) is 4.53. The molecule has 0 aromatic heterocycles. The number of hydrogen-bond donors (Lipinski definition) is 0. The minimum absolute atomic E-state index is 0.00996. The molecular weight excluding hydrogens is 379 g/mol. The number of thioether (sulfide) groups is 1. The molecule has 0 spiro atoms. The van der Waals surface area contributed by atoms with Gasteiger partial charge in [0.2, 0.25) is 0 Å². The number of carbonyl (C=O) groups excluding carboxylic acids is 2. The fourth-order valence-electron chi connectivity index (χ4n) is 2.56. The summed E-state index contributed by atoms with van der Waals surface area (Å²) in [5.74, 6) is -2.63. The number of benzene rings is 2. The van der Waals surface area contributed by atoms with E-state index in [0.29, 0.717) is 11.8 Å². The lowest BCUT2D eigenvalue weighted by molar-refractivity contribution is 0.0667. The maximum atomic E-state index is 14.2. The highest BCUT2D eigenvalue weighted by atomic mass is 32.2. The maximum Gasteiger partial charge on any atom is 0.348 e. The number of rotatable bonds is 6. The smallest absolute Gasteiger partial charge is 0.348 e. The van der Waals surface area contributed by atoms with Gasteiger partial charge in [-0.15, -0.1) is 0 Å². The average molecular weight is 393 g/mol. The number of alkyl halides is 2. The Kier molecular flexibility index (Phi) is 5.27. The summed E-state index contributed by atoms with van der Waals surface area (Å²) in [4.78, 5) is 25.2. The predicted molar refractivity (Wildman–Crippen MR) is 94.8 cm³/mol. The second kappa shape index (κ2) is 7.48. The van der Waals surface area contributed by atoms with Gasteiger partial charge in [0.25, 0.3) is 11.8 Å². The first-order chi connectivity index (χ1) is 12.8. The van der Waals surface area contributed by atoms with Crippen LogP contribution in [0.5, 0.6) is 5.75 Å². The molecule has 0 saturated carbocycles. The number of halogens is 3. The number of fused-ring (bicyclic) bond motifs is 1. The summed E-state index contributed by atoms with van der Waals surface area (Å²) in [6.07, 6.45) is 0.550. The minimum atomic E-state index is -3.86. The molecule has 3 rings (SSSR count). The number of amides is 2. The van der Waals surface area contributed by atoms with E-state index >= 15 is 0 Å². The highest BCUT2D eigenvalue weighted by Gasteiger charge is 2.38. The fraction of sp³-hybridized carbons (Fsp3) is 0.158. The van der Waals surface area contributed by atoms with Crippen LogP contribution in [-0.4, -0.2) is 35.6 Å². The fourth-order valence-corrected chi connectivity index (χ4v) is 3.36. The Labute approximate surface area is 157 Å². The first kappa shape index (κ1) is 19.0. The van der Waals surface area contributed by atoms with E-state index in [9.17, 15) is 22.8 Å². The van der Waals surface area contributed by atoms with Gasteiger partial charge >= 0.3 is 5.25 Å². The molecule has 8 heteroatoms. The zero-order valence-electron chi connectivity index (χ0n) is 14.1. The number of nitrogens with zero attached hydrogens (tertiary/aromatic N) is 1. The van der Waals surface area contributed by atoms with Crippen LogP contribution in [0, 0.1) is 0 Å². The summed E-state index contributed by atoms with van der Waals surface area (Å²) >= 11 is 0.00996. The van der Waals surface area contributed by atoms with Gasteiger partial charge in [-0.1, -0.05) is 18.2 Å². The van der Waals surface area contributed by atoms with Gasteiger partial charge in [0.1, 0.15) is 5.75 Å². The van der Waals surface area contributed by atoms with Crippen LogP contribution in [0.25, 0.3) is 0 Å². The third-order valence-corrected chi connectivity index (χ3v) is 4.84. The molecule has 0 bridgehead atoms. The van der Waals surface area contributed by atoms with Crippen LogP contribution in [0.15, 0.2) is 65.3 Å². The molecule has 27 heavy (non-hydrogen) atoms. The van der Waals surface area contributed by atoms with Crippen molar-refractivity contribution in [1.29, 1.82) is 0 Å². The zero-order valence-corrected chi connectivity index (χ0v) is 14.9. The van der Waals surface area contributed by atoms with Crippen LogP contribution in [0.3, 0.4) is 0 Å². The molecule has 0 atom stereocenters. The van der Waals surface area contributed by atoms with E-state index in [0.717, 1.165) is 4.90 Å². The van der Waals surface area contributed by atoms with Crippen molar-refractivity contribution in [2.24, 2.45) is 0 Å². The quantitative estimate of drug-likeness (QED) is 0.534. The van der Waals surface area contributed by atoms with Crippen LogP contribution in [-0.2, 0) is 0 Å². The molecule has 2 aromatic rings. The Morgan fingerprint density at radius 3 is 2.33 bits per heavy atom. The van der Waals surface area contributed by atoms with Gasteiger partial charge in [0.05, 0.1) is 24.8 Å². The standard InChI is InChI=1S/C19H14F3NO3S/c1-26-12-5-4-6-13(11-12)27-19(21,22)16(20)9-10-23-17(24)14-7-2-3-8-15(14)18(23)25/h2-9,11H,10H2,1H3. The van der Waals surface area contributed by atoms with E-state index in [2.05, 4.69) is 0 Å². The number of ether oxygens (including phenoxy) is 1. The summed E-state index contributed by atoms with van der Waals surface area (Å²) in [6, 6.07) is 11.9. The van der Waals surface area contributed by atoms with Gasteiger partial charge in [-0.2, -0.15) is 8.78 Å². The van der Waals surface area contributed by atoms with Crippen molar-refractivity contribution in [1.82, 2.24) is 4.90 Å².